The number of nitrogens with zero attached hydrogens (tertiary/aromatic N) is 2. The number of hydrogen-bond donors (Lipinski definition) is 2. The Hall–Kier alpha value is -1.12. The predicted molar refractivity (Wildman–Crippen MR) is 80.5 cm³/mol. The van der Waals surface area contributed by atoms with E-state index in [4.69, 9.17) is 0 Å². The van der Waals surface area contributed by atoms with Gasteiger partial charge in [0.2, 0.25) is 5.91 Å². The number of rotatable bonds is 6. The molecule has 0 unspecified atom stereocenters. The van der Waals surface area contributed by atoms with Crippen LogP contribution in [0.5, 0.6) is 0 Å². The van der Waals surface area contributed by atoms with Crippen LogP contribution in [0.4, 0.5) is 0 Å². The Morgan fingerprint density at radius 1 is 1.24 bits per heavy atom. The normalized spacial score (nSPS) is 22.1. The minimum absolute atomic E-state index is 0.0706. The SMILES string of the molecule is N#CC1(NC(=O)CN(CCO)C2CCCC2)CCCCC1. The van der Waals surface area contributed by atoms with Crippen molar-refractivity contribution in [3.63, 3.8) is 0 Å². The lowest BCUT2D eigenvalue weighted by molar-refractivity contribution is -0.124. The molecular weight excluding hydrogens is 266 g/mol. The number of nitriles is 1. The van der Waals surface area contributed by atoms with Gasteiger partial charge < -0.3 is 10.4 Å². The van der Waals surface area contributed by atoms with Crippen LogP contribution < -0.4 is 5.32 Å². The van der Waals surface area contributed by atoms with Gasteiger partial charge in [-0.1, -0.05) is 32.1 Å². The van der Waals surface area contributed by atoms with Crippen molar-refractivity contribution in [2.75, 3.05) is 19.7 Å². The van der Waals surface area contributed by atoms with Gasteiger partial charge in [0.05, 0.1) is 19.2 Å². The van der Waals surface area contributed by atoms with Gasteiger partial charge in [0.15, 0.2) is 0 Å². The van der Waals surface area contributed by atoms with E-state index < -0.39 is 5.54 Å². The van der Waals surface area contributed by atoms with Crippen LogP contribution >= 0.6 is 0 Å². The van der Waals surface area contributed by atoms with E-state index >= 15 is 0 Å². The predicted octanol–water partition coefficient (Wildman–Crippen LogP) is 1.57. The Morgan fingerprint density at radius 3 is 2.48 bits per heavy atom. The molecule has 1 amide bonds. The summed E-state index contributed by atoms with van der Waals surface area (Å²) in [7, 11) is 0. The maximum Gasteiger partial charge on any atom is 0.235 e. The molecule has 0 spiro atoms. The molecule has 21 heavy (non-hydrogen) atoms. The summed E-state index contributed by atoms with van der Waals surface area (Å²) in [6, 6.07) is 2.73. The van der Waals surface area contributed by atoms with Crippen molar-refractivity contribution < 1.29 is 9.90 Å². The topological polar surface area (TPSA) is 76.4 Å². The Labute approximate surface area is 127 Å². The van der Waals surface area contributed by atoms with E-state index in [1.54, 1.807) is 0 Å². The van der Waals surface area contributed by atoms with Crippen molar-refractivity contribution >= 4 is 5.91 Å². The molecule has 0 aromatic rings. The quantitative estimate of drug-likeness (QED) is 0.779. The maximum atomic E-state index is 12.3. The zero-order chi connectivity index (χ0) is 15.1. The molecule has 2 saturated carbocycles. The highest BCUT2D eigenvalue weighted by molar-refractivity contribution is 5.79. The smallest absolute Gasteiger partial charge is 0.235 e. The lowest BCUT2D eigenvalue weighted by Crippen LogP contribution is -2.52. The van der Waals surface area contributed by atoms with Crippen molar-refractivity contribution in [2.45, 2.75) is 69.4 Å². The van der Waals surface area contributed by atoms with Gasteiger partial charge in [0.25, 0.3) is 0 Å². The average Bonchev–Trinajstić information content (AvgIpc) is 3.02. The summed E-state index contributed by atoms with van der Waals surface area (Å²) >= 11 is 0. The first-order chi connectivity index (χ1) is 10.2. The highest BCUT2D eigenvalue weighted by Crippen LogP contribution is 2.28. The van der Waals surface area contributed by atoms with Crippen molar-refractivity contribution in [1.82, 2.24) is 10.2 Å². The molecule has 0 heterocycles. The zero-order valence-electron chi connectivity index (χ0n) is 12.8. The molecule has 2 aliphatic carbocycles. The van der Waals surface area contributed by atoms with Crippen LogP contribution in [-0.4, -0.2) is 47.2 Å². The second-order valence-corrected chi connectivity index (χ2v) is 6.44. The number of aliphatic hydroxyl groups excluding tert-OH is 1. The van der Waals surface area contributed by atoms with E-state index in [0.29, 0.717) is 19.1 Å². The average molecular weight is 293 g/mol. The van der Waals surface area contributed by atoms with Crippen LogP contribution in [0.3, 0.4) is 0 Å². The number of hydrogen-bond acceptors (Lipinski definition) is 4. The summed E-state index contributed by atoms with van der Waals surface area (Å²) in [5, 5.41) is 21.6. The number of nitrogens with one attached hydrogen (secondary N) is 1. The van der Waals surface area contributed by atoms with Gasteiger partial charge >= 0.3 is 0 Å². The summed E-state index contributed by atoms with van der Waals surface area (Å²) in [4.78, 5) is 14.4. The standard InChI is InChI=1S/C16H27N3O2/c17-13-16(8-4-1-5-9-16)18-15(21)12-19(10-11-20)14-6-2-3-7-14/h14,20H,1-12H2,(H,18,21). The number of aliphatic hydroxyl groups is 1. The van der Waals surface area contributed by atoms with Crippen LogP contribution in [-0.2, 0) is 4.79 Å². The van der Waals surface area contributed by atoms with E-state index in [1.165, 1.54) is 12.8 Å². The van der Waals surface area contributed by atoms with Crippen LogP contribution in [0.2, 0.25) is 0 Å². The van der Waals surface area contributed by atoms with Crippen LogP contribution in [0, 0.1) is 11.3 Å². The van der Waals surface area contributed by atoms with E-state index in [9.17, 15) is 15.2 Å². The third-order valence-electron chi connectivity index (χ3n) is 4.87. The van der Waals surface area contributed by atoms with Crippen LogP contribution in [0.25, 0.3) is 0 Å². The first kappa shape index (κ1) is 16.3. The van der Waals surface area contributed by atoms with Gasteiger partial charge in [-0.15, -0.1) is 0 Å². The summed E-state index contributed by atoms with van der Waals surface area (Å²) in [6.45, 7) is 0.916. The van der Waals surface area contributed by atoms with Crippen molar-refractivity contribution in [1.29, 1.82) is 5.26 Å². The number of carbonyl (C=O) groups excluding carboxylic acids is 1. The Morgan fingerprint density at radius 2 is 1.90 bits per heavy atom. The highest BCUT2D eigenvalue weighted by atomic mass is 16.3. The van der Waals surface area contributed by atoms with Crippen molar-refractivity contribution in [3.05, 3.63) is 0 Å². The molecule has 118 valence electrons. The largest absolute Gasteiger partial charge is 0.395 e. The molecule has 2 fully saturated rings. The third-order valence-corrected chi connectivity index (χ3v) is 4.87. The van der Waals surface area contributed by atoms with E-state index in [-0.39, 0.29) is 12.5 Å². The molecule has 0 aliphatic heterocycles. The molecule has 0 saturated heterocycles. The van der Waals surface area contributed by atoms with Crippen LogP contribution in [0.15, 0.2) is 0 Å². The fourth-order valence-corrected chi connectivity index (χ4v) is 3.70. The van der Waals surface area contributed by atoms with E-state index in [2.05, 4.69) is 16.3 Å². The maximum absolute atomic E-state index is 12.3. The molecule has 0 aromatic heterocycles. The number of amides is 1. The monoisotopic (exact) mass is 293 g/mol. The Bertz CT molecular complexity index is 379. The van der Waals surface area contributed by atoms with E-state index in [1.807, 2.05) is 0 Å². The van der Waals surface area contributed by atoms with Gasteiger partial charge in [0.1, 0.15) is 5.54 Å². The van der Waals surface area contributed by atoms with Crippen LogP contribution in [0.1, 0.15) is 57.8 Å². The first-order valence-corrected chi connectivity index (χ1v) is 8.26. The second-order valence-electron chi connectivity index (χ2n) is 6.44. The minimum Gasteiger partial charge on any atom is -0.395 e. The summed E-state index contributed by atoms with van der Waals surface area (Å²) < 4.78 is 0. The second kappa shape index (κ2) is 7.77. The van der Waals surface area contributed by atoms with E-state index in [0.717, 1.165) is 44.9 Å². The minimum atomic E-state index is -0.657. The van der Waals surface area contributed by atoms with Gasteiger partial charge in [-0.05, 0) is 25.7 Å². The Balaban J connectivity index is 1.90. The fourth-order valence-electron chi connectivity index (χ4n) is 3.70. The molecule has 2 N–H and O–H groups in total. The lowest BCUT2D eigenvalue weighted by Gasteiger charge is -2.33. The molecule has 5 heteroatoms. The third kappa shape index (κ3) is 4.42. The summed E-state index contributed by atoms with van der Waals surface area (Å²) in [5.41, 5.74) is -0.657. The molecule has 2 aliphatic rings. The molecular formula is C16H27N3O2. The molecule has 0 aromatic carbocycles. The summed E-state index contributed by atoms with van der Waals surface area (Å²) in [6.07, 6.45) is 9.32. The molecule has 0 atom stereocenters. The highest BCUT2D eigenvalue weighted by Gasteiger charge is 2.34. The Kier molecular flexibility index (Phi) is 6.01. The lowest BCUT2D eigenvalue weighted by atomic mass is 9.83. The zero-order valence-corrected chi connectivity index (χ0v) is 12.8. The molecule has 0 bridgehead atoms. The first-order valence-electron chi connectivity index (χ1n) is 8.26. The fraction of sp³-hybridized carbons (Fsp3) is 0.875. The summed E-state index contributed by atoms with van der Waals surface area (Å²) in [5.74, 6) is -0.0706. The molecule has 5 nitrogen and oxygen atoms in total. The van der Waals surface area contributed by atoms with Gasteiger partial charge in [0, 0.05) is 12.6 Å². The van der Waals surface area contributed by atoms with Gasteiger partial charge in [-0.2, -0.15) is 5.26 Å². The van der Waals surface area contributed by atoms with Crippen molar-refractivity contribution in [2.24, 2.45) is 0 Å². The molecule has 2 rings (SSSR count). The number of carbonyl (C=O) groups is 1. The van der Waals surface area contributed by atoms with Gasteiger partial charge in [-0.3, -0.25) is 9.69 Å². The van der Waals surface area contributed by atoms with Crippen molar-refractivity contribution in [3.8, 4) is 6.07 Å². The molecule has 0 radical (unpaired) electrons. The van der Waals surface area contributed by atoms with Gasteiger partial charge in [-0.25, -0.2) is 0 Å².